The fraction of sp³-hybridized carbons (Fsp3) is 0.323. The quantitative estimate of drug-likeness (QED) is 0.373. The molecule has 3 amide bonds. The van der Waals surface area contributed by atoms with Crippen molar-refractivity contribution in [3.05, 3.63) is 99.7 Å². The molecular formula is C31H33ClFN5O2. The lowest BCUT2D eigenvalue weighted by Gasteiger charge is -2.25. The molecule has 5 rings (SSSR count). The number of hydrogen-bond donors (Lipinski definition) is 1. The summed E-state index contributed by atoms with van der Waals surface area (Å²) in [5.41, 5.74) is 5.80. The van der Waals surface area contributed by atoms with E-state index in [0.29, 0.717) is 41.0 Å². The number of carbonyl (C=O) groups is 2. The van der Waals surface area contributed by atoms with Gasteiger partial charge in [0.2, 0.25) is 0 Å². The van der Waals surface area contributed by atoms with Crippen LogP contribution in [0.5, 0.6) is 0 Å². The standard InChI is InChI=1S/C31H33ClFN5O2/c1-20-5-10-27(15-28(20)32)38(31(40)35-26-8-6-25(33)7-9-26)14-4-13-36-16-23-18-37(19-24(23)17-36)30(39)29-21(2)11-12-34-22(29)3/h5-12,15,18,24H,4,13-14,16-17,19H2,1-3H3,(H,35,40). The minimum atomic E-state index is -0.361. The number of nitrogens with one attached hydrogen (secondary N) is 1. The number of anilines is 2. The van der Waals surface area contributed by atoms with E-state index in [4.69, 9.17) is 11.6 Å². The molecule has 208 valence electrons. The fourth-order valence-electron chi connectivity index (χ4n) is 5.44. The Hall–Kier alpha value is -3.75. The van der Waals surface area contributed by atoms with Crippen molar-refractivity contribution in [2.24, 2.45) is 5.92 Å². The van der Waals surface area contributed by atoms with Crippen molar-refractivity contribution in [3.8, 4) is 0 Å². The molecule has 1 saturated heterocycles. The normalized spacial score (nSPS) is 16.6. The maximum absolute atomic E-state index is 13.3. The van der Waals surface area contributed by atoms with E-state index in [-0.39, 0.29) is 17.8 Å². The fourth-order valence-corrected chi connectivity index (χ4v) is 5.61. The number of nitrogens with zero attached hydrogens (tertiary/aromatic N) is 4. The van der Waals surface area contributed by atoms with Crippen molar-refractivity contribution < 1.29 is 14.0 Å². The Balaban J connectivity index is 1.21. The van der Waals surface area contributed by atoms with Crippen LogP contribution in [0.4, 0.5) is 20.6 Å². The largest absolute Gasteiger partial charge is 0.326 e. The average molecular weight is 562 g/mol. The molecule has 1 aromatic heterocycles. The second-order valence-corrected chi connectivity index (χ2v) is 11.0. The number of hydrogen-bond acceptors (Lipinski definition) is 4. The van der Waals surface area contributed by atoms with Crippen LogP contribution in [0, 0.1) is 32.5 Å². The number of aromatic nitrogens is 1. The molecule has 1 fully saturated rings. The second-order valence-electron chi connectivity index (χ2n) is 10.6. The third kappa shape index (κ3) is 6.03. The molecule has 3 aromatic rings. The van der Waals surface area contributed by atoms with Gasteiger partial charge in [0, 0.05) is 67.4 Å². The van der Waals surface area contributed by atoms with Gasteiger partial charge < -0.3 is 10.2 Å². The number of urea groups is 1. The van der Waals surface area contributed by atoms with Gasteiger partial charge in [-0.2, -0.15) is 0 Å². The number of fused-ring (bicyclic) bond motifs is 1. The van der Waals surface area contributed by atoms with Crippen LogP contribution < -0.4 is 10.2 Å². The summed E-state index contributed by atoms with van der Waals surface area (Å²) in [7, 11) is 0. The number of amides is 3. The molecule has 1 N–H and O–H groups in total. The van der Waals surface area contributed by atoms with Crippen LogP contribution in [0.1, 0.15) is 33.6 Å². The van der Waals surface area contributed by atoms with Crippen molar-refractivity contribution in [1.29, 1.82) is 0 Å². The van der Waals surface area contributed by atoms with E-state index in [1.54, 1.807) is 17.2 Å². The lowest BCUT2D eigenvalue weighted by molar-refractivity contribution is 0.0818. The van der Waals surface area contributed by atoms with Crippen LogP contribution >= 0.6 is 11.6 Å². The van der Waals surface area contributed by atoms with E-state index in [1.165, 1.54) is 29.8 Å². The van der Waals surface area contributed by atoms with Gasteiger partial charge in [-0.15, -0.1) is 0 Å². The first-order valence-corrected chi connectivity index (χ1v) is 13.8. The van der Waals surface area contributed by atoms with Gasteiger partial charge in [-0.1, -0.05) is 17.7 Å². The zero-order valence-electron chi connectivity index (χ0n) is 23.0. The molecule has 9 heteroatoms. The second kappa shape index (κ2) is 11.8. The van der Waals surface area contributed by atoms with E-state index >= 15 is 0 Å². The number of pyridine rings is 1. The van der Waals surface area contributed by atoms with Crippen molar-refractivity contribution in [1.82, 2.24) is 14.8 Å². The summed E-state index contributed by atoms with van der Waals surface area (Å²) in [4.78, 5) is 36.6. The third-order valence-corrected chi connectivity index (χ3v) is 8.04. The topological polar surface area (TPSA) is 68.8 Å². The molecule has 7 nitrogen and oxygen atoms in total. The van der Waals surface area contributed by atoms with Crippen molar-refractivity contribution in [2.45, 2.75) is 27.2 Å². The van der Waals surface area contributed by atoms with Crippen LogP contribution in [-0.2, 0) is 0 Å². The lowest BCUT2D eigenvalue weighted by Crippen LogP contribution is -2.37. The average Bonchev–Trinajstić information content (AvgIpc) is 3.49. The Morgan fingerprint density at radius 3 is 2.55 bits per heavy atom. The molecule has 2 aliphatic rings. The first-order chi connectivity index (χ1) is 19.2. The monoisotopic (exact) mass is 561 g/mol. The highest BCUT2D eigenvalue weighted by Gasteiger charge is 2.36. The smallest absolute Gasteiger partial charge is 0.314 e. The number of likely N-dealkylation sites (tertiary alicyclic amines) is 1. The zero-order valence-corrected chi connectivity index (χ0v) is 23.7. The minimum absolute atomic E-state index is 0.0103. The summed E-state index contributed by atoms with van der Waals surface area (Å²) in [5.74, 6) is -0.0356. The van der Waals surface area contributed by atoms with Crippen LogP contribution in [0.2, 0.25) is 5.02 Å². The minimum Gasteiger partial charge on any atom is -0.314 e. The Labute approximate surface area is 239 Å². The van der Waals surface area contributed by atoms with Gasteiger partial charge >= 0.3 is 6.03 Å². The molecule has 0 aliphatic carbocycles. The maximum Gasteiger partial charge on any atom is 0.326 e. The molecule has 2 aliphatic heterocycles. The molecule has 0 bridgehead atoms. The number of halogens is 2. The molecule has 0 spiro atoms. The summed E-state index contributed by atoms with van der Waals surface area (Å²) in [6.07, 6.45) is 4.49. The predicted molar refractivity (Wildman–Crippen MR) is 156 cm³/mol. The molecule has 3 heterocycles. The van der Waals surface area contributed by atoms with Gasteiger partial charge in [0.1, 0.15) is 5.82 Å². The van der Waals surface area contributed by atoms with Crippen molar-refractivity contribution in [3.63, 3.8) is 0 Å². The molecule has 1 atom stereocenters. The van der Waals surface area contributed by atoms with Crippen LogP contribution in [-0.4, -0.2) is 59.4 Å². The molecule has 0 radical (unpaired) electrons. The highest BCUT2D eigenvalue weighted by atomic mass is 35.5. The zero-order chi connectivity index (χ0) is 28.4. The third-order valence-electron chi connectivity index (χ3n) is 7.64. The highest BCUT2D eigenvalue weighted by molar-refractivity contribution is 6.31. The first-order valence-electron chi connectivity index (χ1n) is 13.5. The van der Waals surface area contributed by atoms with E-state index in [0.717, 1.165) is 42.9 Å². The molecular weight excluding hydrogens is 529 g/mol. The SMILES string of the molecule is Cc1ccc(N(CCCN2CC3=CN(C(=O)c4c(C)ccnc4C)CC3C2)C(=O)Nc2ccc(F)cc2)cc1Cl. The Kier molecular flexibility index (Phi) is 8.19. The van der Waals surface area contributed by atoms with Gasteiger partial charge in [-0.25, -0.2) is 9.18 Å². The number of benzene rings is 2. The van der Waals surface area contributed by atoms with E-state index in [2.05, 4.69) is 15.2 Å². The molecule has 1 unspecified atom stereocenters. The number of carbonyl (C=O) groups excluding carboxylic acids is 2. The molecule has 2 aromatic carbocycles. The van der Waals surface area contributed by atoms with Crippen LogP contribution in [0.15, 0.2) is 66.5 Å². The van der Waals surface area contributed by atoms with Crippen molar-refractivity contribution >= 4 is 34.9 Å². The van der Waals surface area contributed by atoms with Crippen LogP contribution in [0.25, 0.3) is 0 Å². The maximum atomic E-state index is 13.3. The Bertz CT molecular complexity index is 1440. The summed E-state index contributed by atoms with van der Waals surface area (Å²) in [6.45, 7) is 9.38. The summed E-state index contributed by atoms with van der Waals surface area (Å²) in [6, 6.07) is 12.8. The Morgan fingerprint density at radius 2 is 1.85 bits per heavy atom. The Morgan fingerprint density at radius 1 is 1.07 bits per heavy atom. The van der Waals surface area contributed by atoms with E-state index in [1.807, 2.05) is 50.1 Å². The summed E-state index contributed by atoms with van der Waals surface area (Å²) in [5, 5.41) is 3.45. The summed E-state index contributed by atoms with van der Waals surface area (Å²) < 4.78 is 13.3. The van der Waals surface area contributed by atoms with Crippen LogP contribution in [0.3, 0.4) is 0 Å². The van der Waals surface area contributed by atoms with Crippen molar-refractivity contribution in [2.75, 3.05) is 42.9 Å². The first kappa shape index (κ1) is 27.8. The predicted octanol–water partition coefficient (Wildman–Crippen LogP) is 6.20. The lowest BCUT2D eigenvalue weighted by atomic mass is 10.1. The van der Waals surface area contributed by atoms with Gasteiger partial charge in [-0.05, 0) is 86.4 Å². The van der Waals surface area contributed by atoms with Gasteiger partial charge in [0.15, 0.2) is 0 Å². The highest BCUT2D eigenvalue weighted by Crippen LogP contribution is 2.31. The summed E-state index contributed by atoms with van der Waals surface area (Å²) >= 11 is 6.38. The van der Waals surface area contributed by atoms with E-state index < -0.39 is 0 Å². The number of aryl methyl sites for hydroxylation is 3. The van der Waals surface area contributed by atoms with Gasteiger partial charge in [-0.3, -0.25) is 19.6 Å². The molecule has 0 saturated carbocycles. The van der Waals surface area contributed by atoms with E-state index in [9.17, 15) is 14.0 Å². The molecule has 40 heavy (non-hydrogen) atoms. The van der Waals surface area contributed by atoms with Gasteiger partial charge in [0.25, 0.3) is 5.91 Å². The number of rotatable bonds is 7. The van der Waals surface area contributed by atoms with Gasteiger partial charge in [0.05, 0.1) is 11.3 Å².